The smallest absolute Gasteiger partial charge is 0.270 e. The van der Waals surface area contributed by atoms with Crippen LogP contribution in [0.2, 0.25) is 0 Å². The van der Waals surface area contributed by atoms with E-state index in [1.54, 1.807) is 11.0 Å². The monoisotopic (exact) mass is 411 g/mol. The first-order valence-corrected chi connectivity index (χ1v) is 9.98. The van der Waals surface area contributed by atoms with E-state index in [0.717, 1.165) is 31.5 Å². The van der Waals surface area contributed by atoms with Crippen LogP contribution in [-0.2, 0) is 6.54 Å². The van der Waals surface area contributed by atoms with Crippen LogP contribution in [0.5, 0.6) is 0 Å². The molecule has 0 aliphatic carbocycles. The second-order valence-corrected chi connectivity index (χ2v) is 7.93. The Morgan fingerprint density at radius 3 is 2.50 bits per heavy atom. The standard InChI is InChI=1S/C22H22FN3O4/c23-18-4-1-16(2-5-18)21(27)14-24-9-7-15(8-10-24)12-25-13-17-3-6-19(26(29)30)11-20(17)22(25)28/h1-6,11,15H,7-10,12-14H2. The van der Waals surface area contributed by atoms with Crippen molar-refractivity contribution in [2.75, 3.05) is 26.2 Å². The van der Waals surface area contributed by atoms with Crippen LogP contribution in [-0.4, -0.2) is 52.6 Å². The molecule has 156 valence electrons. The average molecular weight is 411 g/mol. The molecule has 0 atom stereocenters. The van der Waals surface area contributed by atoms with Crippen molar-refractivity contribution < 1.29 is 18.9 Å². The Bertz CT molecular complexity index is 984. The molecular weight excluding hydrogens is 389 g/mol. The number of non-ortho nitro benzene ring substituents is 1. The molecule has 7 nitrogen and oxygen atoms in total. The van der Waals surface area contributed by atoms with E-state index in [4.69, 9.17) is 0 Å². The molecular formula is C22H22FN3O4. The molecule has 2 aromatic carbocycles. The van der Waals surface area contributed by atoms with Crippen molar-refractivity contribution in [2.45, 2.75) is 19.4 Å². The van der Waals surface area contributed by atoms with Gasteiger partial charge in [0.15, 0.2) is 5.78 Å². The predicted octanol–water partition coefficient (Wildman–Crippen LogP) is 3.28. The van der Waals surface area contributed by atoms with Gasteiger partial charge in [-0.3, -0.25) is 24.6 Å². The summed E-state index contributed by atoms with van der Waals surface area (Å²) in [5.74, 6) is -0.209. The Morgan fingerprint density at radius 1 is 1.13 bits per heavy atom. The van der Waals surface area contributed by atoms with Gasteiger partial charge in [-0.05, 0) is 67.7 Å². The lowest BCUT2D eigenvalue weighted by Gasteiger charge is -2.33. The molecule has 30 heavy (non-hydrogen) atoms. The molecule has 0 saturated carbocycles. The van der Waals surface area contributed by atoms with Gasteiger partial charge in [-0.25, -0.2) is 4.39 Å². The Kier molecular flexibility index (Phi) is 5.59. The van der Waals surface area contributed by atoms with Crippen molar-refractivity contribution >= 4 is 17.4 Å². The fourth-order valence-electron chi connectivity index (χ4n) is 4.18. The Balaban J connectivity index is 1.29. The first-order chi connectivity index (χ1) is 14.4. The molecule has 4 rings (SSSR count). The van der Waals surface area contributed by atoms with Crippen LogP contribution in [0, 0.1) is 21.8 Å². The SMILES string of the molecule is O=C(CN1CCC(CN2Cc3ccc([N+](=O)[O-])cc3C2=O)CC1)c1ccc(F)cc1. The summed E-state index contributed by atoms with van der Waals surface area (Å²) in [7, 11) is 0. The summed E-state index contributed by atoms with van der Waals surface area (Å²) in [6, 6.07) is 10.1. The second-order valence-electron chi connectivity index (χ2n) is 7.93. The normalized spacial score (nSPS) is 17.2. The molecule has 8 heteroatoms. The van der Waals surface area contributed by atoms with Crippen LogP contribution in [0.15, 0.2) is 42.5 Å². The summed E-state index contributed by atoms with van der Waals surface area (Å²) < 4.78 is 13.0. The quantitative estimate of drug-likeness (QED) is 0.414. The van der Waals surface area contributed by atoms with Crippen LogP contribution < -0.4 is 0 Å². The fourth-order valence-corrected chi connectivity index (χ4v) is 4.18. The molecule has 0 unspecified atom stereocenters. The number of nitrogens with zero attached hydrogens (tertiary/aromatic N) is 3. The number of rotatable bonds is 6. The van der Waals surface area contributed by atoms with Gasteiger partial charge in [-0.2, -0.15) is 0 Å². The van der Waals surface area contributed by atoms with Crippen LogP contribution in [0.3, 0.4) is 0 Å². The summed E-state index contributed by atoms with van der Waals surface area (Å²) in [4.78, 5) is 39.3. The number of benzene rings is 2. The maximum absolute atomic E-state index is 13.0. The molecule has 2 heterocycles. The number of fused-ring (bicyclic) bond motifs is 1. The van der Waals surface area contributed by atoms with Gasteiger partial charge in [0, 0.05) is 30.8 Å². The molecule has 0 radical (unpaired) electrons. The minimum absolute atomic E-state index is 0.0276. The lowest BCUT2D eigenvalue weighted by atomic mass is 9.95. The van der Waals surface area contributed by atoms with Gasteiger partial charge in [0.05, 0.1) is 17.0 Å². The second kappa shape index (κ2) is 8.31. The van der Waals surface area contributed by atoms with Gasteiger partial charge in [-0.1, -0.05) is 0 Å². The molecule has 0 spiro atoms. The number of piperidine rings is 1. The Morgan fingerprint density at radius 2 is 1.83 bits per heavy atom. The fraction of sp³-hybridized carbons (Fsp3) is 0.364. The van der Waals surface area contributed by atoms with Crippen LogP contribution in [0.4, 0.5) is 10.1 Å². The molecule has 2 aromatic rings. The minimum Gasteiger partial charge on any atom is -0.334 e. The molecule has 2 aliphatic heterocycles. The number of halogens is 1. The number of ketones is 1. The zero-order chi connectivity index (χ0) is 21.3. The number of nitro benzene ring substituents is 1. The third-order valence-corrected chi connectivity index (χ3v) is 5.90. The Labute approximate surface area is 173 Å². The van der Waals surface area contributed by atoms with Crippen LogP contribution >= 0.6 is 0 Å². The average Bonchev–Trinajstić information content (AvgIpc) is 3.04. The summed E-state index contributed by atoms with van der Waals surface area (Å²) >= 11 is 0. The van der Waals surface area contributed by atoms with Gasteiger partial charge in [0.1, 0.15) is 5.82 Å². The highest BCUT2D eigenvalue weighted by molar-refractivity contribution is 5.99. The van der Waals surface area contributed by atoms with Crippen molar-refractivity contribution in [2.24, 2.45) is 5.92 Å². The zero-order valence-electron chi connectivity index (χ0n) is 16.4. The topological polar surface area (TPSA) is 83.8 Å². The highest BCUT2D eigenvalue weighted by atomic mass is 19.1. The summed E-state index contributed by atoms with van der Waals surface area (Å²) in [6.07, 6.45) is 1.74. The van der Waals surface area contributed by atoms with E-state index in [-0.39, 0.29) is 23.2 Å². The zero-order valence-corrected chi connectivity index (χ0v) is 16.4. The molecule has 1 fully saturated rings. The van der Waals surface area contributed by atoms with Crippen molar-refractivity contribution in [3.8, 4) is 0 Å². The summed E-state index contributed by atoms with van der Waals surface area (Å²) in [5, 5.41) is 11.0. The van der Waals surface area contributed by atoms with Gasteiger partial charge in [-0.15, -0.1) is 0 Å². The lowest BCUT2D eigenvalue weighted by molar-refractivity contribution is -0.384. The predicted molar refractivity (Wildman–Crippen MR) is 108 cm³/mol. The number of carbonyl (C=O) groups is 2. The van der Waals surface area contributed by atoms with Gasteiger partial charge >= 0.3 is 0 Å². The van der Waals surface area contributed by atoms with E-state index >= 15 is 0 Å². The van der Waals surface area contributed by atoms with Crippen molar-refractivity contribution in [3.05, 3.63) is 75.1 Å². The molecule has 0 N–H and O–H groups in total. The first kappa shape index (κ1) is 20.2. The van der Waals surface area contributed by atoms with Crippen molar-refractivity contribution in [1.29, 1.82) is 0 Å². The number of hydrogen-bond acceptors (Lipinski definition) is 5. The van der Waals surface area contributed by atoms with Gasteiger partial charge < -0.3 is 4.90 Å². The number of nitro groups is 1. The molecule has 0 bridgehead atoms. The third kappa shape index (κ3) is 4.23. The number of likely N-dealkylation sites (tertiary alicyclic amines) is 1. The number of Topliss-reactive ketones (excluding diaryl/α,β-unsaturated/α-hetero) is 1. The largest absolute Gasteiger partial charge is 0.334 e. The van der Waals surface area contributed by atoms with Crippen LogP contribution in [0.25, 0.3) is 0 Å². The number of carbonyl (C=O) groups excluding carboxylic acids is 2. The molecule has 2 aliphatic rings. The summed E-state index contributed by atoms with van der Waals surface area (Å²) in [6.45, 7) is 2.92. The third-order valence-electron chi connectivity index (χ3n) is 5.90. The van der Waals surface area contributed by atoms with Gasteiger partial charge in [0.25, 0.3) is 11.6 Å². The van der Waals surface area contributed by atoms with Crippen molar-refractivity contribution in [3.63, 3.8) is 0 Å². The molecule has 1 amide bonds. The number of amides is 1. The van der Waals surface area contributed by atoms with E-state index in [0.29, 0.717) is 36.7 Å². The van der Waals surface area contributed by atoms with E-state index in [1.165, 1.54) is 36.4 Å². The maximum Gasteiger partial charge on any atom is 0.270 e. The van der Waals surface area contributed by atoms with Crippen molar-refractivity contribution in [1.82, 2.24) is 9.80 Å². The van der Waals surface area contributed by atoms with Crippen LogP contribution in [0.1, 0.15) is 39.1 Å². The maximum atomic E-state index is 13.0. The first-order valence-electron chi connectivity index (χ1n) is 9.98. The van der Waals surface area contributed by atoms with E-state index < -0.39 is 4.92 Å². The summed E-state index contributed by atoms with van der Waals surface area (Å²) in [5.41, 5.74) is 1.69. The molecule has 0 aromatic heterocycles. The van der Waals surface area contributed by atoms with E-state index in [9.17, 15) is 24.1 Å². The number of hydrogen-bond donors (Lipinski definition) is 0. The van der Waals surface area contributed by atoms with Gasteiger partial charge in [0.2, 0.25) is 0 Å². The lowest BCUT2D eigenvalue weighted by Crippen LogP contribution is -2.40. The van der Waals surface area contributed by atoms with E-state index in [2.05, 4.69) is 4.90 Å². The Hall–Kier alpha value is -3.13. The highest BCUT2D eigenvalue weighted by Gasteiger charge is 2.32. The molecule has 1 saturated heterocycles. The van der Waals surface area contributed by atoms with E-state index in [1.807, 2.05) is 0 Å². The highest BCUT2D eigenvalue weighted by Crippen LogP contribution is 2.29. The minimum atomic E-state index is -0.487.